The summed E-state index contributed by atoms with van der Waals surface area (Å²) in [6, 6.07) is 4.77. The lowest BCUT2D eigenvalue weighted by Crippen LogP contribution is -2.30. The first kappa shape index (κ1) is 12.4. The topological polar surface area (TPSA) is 46.2 Å². The van der Waals surface area contributed by atoms with E-state index in [9.17, 15) is 9.50 Å². The van der Waals surface area contributed by atoms with Gasteiger partial charge in [0.15, 0.2) is 0 Å². The first-order valence-corrected chi connectivity index (χ1v) is 5.19. The number of benzene rings is 1. The van der Waals surface area contributed by atoms with E-state index in [1.807, 2.05) is 0 Å². The molecule has 0 aliphatic rings. The van der Waals surface area contributed by atoms with Crippen LogP contribution in [0.5, 0.6) is 0 Å². The van der Waals surface area contributed by atoms with E-state index in [0.29, 0.717) is 18.5 Å². The monoisotopic (exact) mass is 231 g/mol. The minimum Gasteiger partial charge on any atom is -0.390 e. The average molecular weight is 232 g/mol. The van der Waals surface area contributed by atoms with Crippen LogP contribution in [0.25, 0.3) is 0 Å². The highest BCUT2D eigenvalue weighted by molar-refractivity contribution is 6.30. The zero-order valence-electron chi connectivity index (χ0n) is 8.63. The Bertz CT molecular complexity index is 341. The molecule has 1 aromatic rings. The molecule has 1 aromatic carbocycles. The maximum absolute atomic E-state index is 13.5. The highest BCUT2D eigenvalue weighted by atomic mass is 35.5. The number of halogens is 2. The Morgan fingerprint density at radius 1 is 1.53 bits per heavy atom. The van der Waals surface area contributed by atoms with E-state index < -0.39 is 11.4 Å². The van der Waals surface area contributed by atoms with Gasteiger partial charge < -0.3 is 10.8 Å². The van der Waals surface area contributed by atoms with Gasteiger partial charge in [-0.1, -0.05) is 23.7 Å². The molecule has 4 heteroatoms. The smallest absolute Gasteiger partial charge is 0.145 e. The van der Waals surface area contributed by atoms with Crippen LogP contribution in [-0.4, -0.2) is 17.3 Å². The fraction of sp³-hybridized carbons (Fsp3) is 0.455. The third-order valence-electron chi connectivity index (χ3n) is 2.29. The van der Waals surface area contributed by atoms with Crippen LogP contribution in [-0.2, 0) is 6.42 Å². The highest BCUT2D eigenvalue weighted by Crippen LogP contribution is 2.23. The molecule has 0 saturated heterocycles. The van der Waals surface area contributed by atoms with Crippen molar-refractivity contribution in [1.29, 1.82) is 0 Å². The van der Waals surface area contributed by atoms with Crippen molar-refractivity contribution in [3.63, 3.8) is 0 Å². The van der Waals surface area contributed by atoms with Gasteiger partial charge in [0, 0.05) is 6.42 Å². The summed E-state index contributed by atoms with van der Waals surface area (Å²) in [4.78, 5) is 0. The van der Waals surface area contributed by atoms with Crippen molar-refractivity contribution in [2.24, 2.45) is 5.73 Å². The van der Waals surface area contributed by atoms with Crippen molar-refractivity contribution in [3.8, 4) is 0 Å². The van der Waals surface area contributed by atoms with Crippen LogP contribution in [0.15, 0.2) is 18.2 Å². The lowest BCUT2D eigenvalue weighted by molar-refractivity contribution is 0.0530. The summed E-state index contributed by atoms with van der Waals surface area (Å²) < 4.78 is 13.5. The third kappa shape index (κ3) is 3.45. The van der Waals surface area contributed by atoms with Crippen LogP contribution >= 0.6 is 11.6 Å². The maximum atomic E-state index is 13.5. The number of aliphatic hydroxyl groups is 1. The number of nitrogens with two attached hydrogens (primary N) is 1. The standard InChI is InChI=1S/C11H15ClFNO/c1-11(15,5-6-14)7-8-3-2-4-9(12)10(8)13/h2-4,15H,5-7,14H2,1H3. The van der Waals surface area contributed by atoms with Crippen molar-refractivity contribution in [2.75, 3.05) is 6.54 Å². The Balaban J connectivity index is 2.85. The fourth-order valence-electron chi connectivity index (χ4n) is 1.49. The molecule has 0 bridgehead atoms. The second-order valence-corrected chi connectivity index (χ2v) is 4.33. The molecule has 84 valence electrons. The van der Waals surface area contributed by atoms with Crippen LogP contribution < -0.4 is 5.73 Å². The summed E-state index contributed by atoms with van der Waals surface area (Å²) in [7, 11) is 0. The molecule has 0 fully saturated rings. The molecule has 0 aliphatic carbocycles. The lowest BCUT2D eigenvalue weighted by atomic mass is 9.93. The van der Waals surface area contributed by atoms with Gasteiger partial charge in [0.25, 0.3) is 0 Å². The first-order valence-electron chi connectivity index (χ1n) is 4.81. The van der Waals surface area contributed by atoms with E-state index in [2.05, 4.69) is 0 Å². The van der Waals surface area contributed by atoms with E-state index in [1.165, 1.54) is 6.07 Å². The second-order valence-electron chi connectivity index (χ2n) is 3.93. The Labute approximate surface area is 93.9 Å². The Hall–Kier alpha value is -0.640. The van der Waals surface area contributed by atoms with Gasteiger partial charge in [0.1, 0.15) is 5.82 Å². The SMILES string of the molecule is CC(O)(CCN)Cc1cccc(Cl)c1F. The molecule has 3 N–H and O–H groups in total. The molecular formula is C11H15ClFNO. The Kier molecular flexibility index (Phi) is 4.08. The summed E-state index contributed by atoms with van der Waals surface area (Å²) in [5.41, 5.74) is 4.79. The van der Waals surface area contributed by atoms with Gasteiger partial charge in [0.05, 0.1) is 10.6 Å². The van der Waals surface area contributed by atoms with E-state index in [-0.39, 0.29) is 11.4 Å². The van der Waals surface area contributed by atoms with Gasteiger partial charge in [-0.3, -0.25) is 0 Å². The summed E-state index contributed by atoms with van der Waals surface area (Å²) in [5.74, 6) is -0.462. The van der Waals surface area contributed by atoms with Crippen LogP contribution in [0.4, 0.5) is 4.39 Å². The second kappa shape index (κ2) is 4.92. The van der Waals surface area contributed by atoms with Crippen LogP contribution in [0.1, 0.15) is 18.9 Å². The molecule has 0 spiro atoms. The van der Waals surface area contributed by atoms with Crippen LogP contribution in [0, 0.1) is 5.82 Å². The van der Waals surface area contributed by atoms with Crippen LogP contribution in [0.2, 0.25) is 5.02 Å². The molecule has 0 radical (unpaired) electrons. The molecule has 1 unspecified atom stereocenters. The molecule has 0 amide bonds. The van der Waals surface area contributed by atoms with Crippen LogP contribution in [0.3, 0.4) is 0 Å². The Morgan fingerprint density at radius 3 is 2.80 bits per heavy atom. The highest BCUT2D eigenvalue weighted by Gasteiger charge is 2.22. The largest absolute Gasteiger partial charge is 0.390 e. The van der Waals surface area contributed by atoms with Crippen molar-refractivity contribution in [1.82, 2.24) is 0 Å². The predicted octanol–water partition coefficient (Wildman–Crippen LogP) is 2.12. The first-order chi connectivity index (χ1) is 6.96. The zero-order chi connectivity index (χ0) is 11.5. The number of hydrogen-bond acceptors (Lipinski definition) is 2. The van der Waals surface area contributed by atoms with Crippen molar-refractivity contribution >= 4 is 11.6 Å². The van der Waals surface area contributed by atoms with E-state index >= 15 is 0 Å². The van der Waals surface area contributed by atoms with Crippen molar-refractivity contribution in [3.05, 3.63) is 34.6 Å². The summed E-state index contributed by atoms with van der Waals surface area (Å²) in [6.45, 7) is 2.01. The van der Waals surface area contributed by atoms with E-state index in [4.69, 9.17) is 17.3 Å². The number of hydrogen-bond donors (Lipinski definition) is 2. The minimum absolute atomic E-state index is 0.0797. The zero-order valence-corrected chi connectivity index (χ0v) is 9.39. The van der Waals surface area contributed by atoms with E-state index in [1.54, 1.807) is 19.1 Å². The average Bonchev–Trinajstić information content (AvgIpc) is 2.12. The normalized spacial score (nSPS) is 15.0. The molecule has 0 aromatic heterocycles. The molecule has 0 saturated carbocycles. The summed E-state index contributed by atoms with van der Waals surface area (Å²) >= 11 is 5.64. The van der Waals surface area contributed by atoms with Gasteiger partial charge in [0.2, 0.25) is 0 Å². The maximum Gasteiger partial charge on any atom is 0.145 e. The number of rotatable bonds is 4. The van der Waals surface area contributed by atoms with Crippen molar-refractivity contribution < 1.29 is 9.50 Å². The summed E-state index contributed by atoms with van der Waals surface area (Å²) in [5, 5.41) is 9.97. The van der Waals surface area contributed by atoms with Gasteiger partial charge in [-0.15, -0.1) is 0 Å². The minimum atomic E-state index is -0.986. The fourth-order valence-corrected chi connectivity index (χ4v) is 1.69. The lowest BCUT2D eigenvalue weighted by Gasteiger charge is -2.22. The molecule has 0 heterocycles. The van der Waals surface area contributed by atoms with Gasteiger partial charge in [-0.2, -0.15) is 0 Å². The van der Waals surface area contributed by atoms with Gasteiger partial charge >= 0.3 is 0 Å². The quantitative estimate of drug-likeness (QED) is 0.834. The molecular weight excluding hydrogens is 217 g/mol. The van der Waals surface area contributed by atoms with Gasteiger partial charge in [-0.05, 0) is 31.5 Å². The summed E-state index contributed by atoms with van der Waals surface area (Å²) in [6.07, 6.45) is 0.648. The third-order valence-corrected chi connectivity index (χ3v) is 2.58. The molecule has 15 heavy (non-hydrogen) atoms. The van der Waals surface area contributed by atoms with Crippen molar-refractivity contribution in [2.45, 2.75) is 25.4 Å². The van der Waals surface area contributed by atoms with Gasteiger partial charge in [-0.25, -0.2) is 4.39 Å². The Morgan fingerprint density at radius 2 is 2.20 bits per heavy atom. The molecule has 1 atom stereocenters. The molecule has 2 nitrogen and oxygen atoms in total. The predicted molar refractivity (Wildman–Crippen MR) is 59.4 cm³/mol. The van der Waals surface area contributed by atoms with E-state index in [0.717, 1.165) is 0 Å². The molecule has 0 aliphatic heterocycles. The molecule has 1 rings (SSSR count).